The Kier molecular flexibility index (Phi) is 7.45. The number of aliphatic carboxylic acids is 1. The number of likely N-dealkylation sites (N-methyl/N-ethyl adjacent to an activating group) is 1. The van der Waals surface area contributed by atoms with E-state index in [2.05, 4.69) is 10.6 Å². The molecule has 1 rings (SSSR count). The van der Waals surface area contributed by atoms with Crippen LogP contribution in [0.4, 0.5) is 4.79 Å². The third kappa shape index (κ3) is 5.89. The maximum Gasteiger partial charge on any atom is 0.329 e. The molecule has 0 bridgehead atoms. The zero-order valence-corrected chi connectivity index (χ0v) is 13.0. The van der Waals surface area contributed by atoms with E-state index in [1.165, 1.54) is 0 Å². The van der Waals surface area contributed by atoms with Gasteiger partial charge in [-0.05, 0) is 19.9 Å². The summed E-state index contributed by atoms with van der Waals surface area (Å²) in [6, 6.07) is -0.403. The van der Waals surface area contributed by atoms with Gasteiger partial charge in [0, 0.05) is 26.7 Å². The molecule has 1 fully saturated rings. The number of rotatable bonds is 8. The molecule has 3 N–H and O–H groups in total. The van der Waals surface area contributed by atoms with Crippen molar-refractivity contribution in [2.75, 3.05) is 40.4 Å². The third-order valence-electron chi connectivity index (χ3n) is 3.93. The van der Waals surface area contributed by atoms with Crippen LogP contribution in [0.3, 0.4) is 0 Å². The summed E-state index contributed by atoms with van der Waals surface area (Å²) < 4.78 is 4.97. The minimum absolute atomic E-state index is 0.403. The largest absolute Gasteiger partial charge is 0.480 e. The highest BCUT2D eigenvalue weighted by molar-refractivity contribution is 5.86. The molecule has 0 aliphatic heterocycles. The van der Waals surface area contributed by atoms with Gasteiger partial charge < -0.3 is 25.4 Å². The standard InChI is InChI=1S/C14H27N3O4/c1-17(10-11-21-2)9-8-15-13(20)16-14(12(18)19)6-4-3-5-7-14/h3-11H2,1-2H3,(H,18,19)(H2,15,16,20). The number of hydrogen-bond acceptors (Lipinski definition) is 4. The monoisotopic (exact) mass is 301 g/mol. The minimum atomic E-state index is -1.09. The van der Waals surface area contributed by atoms with Crippen LogP contribution in [0.15, 0.2) is 0 Å². The predicted octanol–water partition coefficient (Wildman–Crippen LogP) is 0.651. The predicted molar refractivity (Wildman–Crippen MR) is 79.4 cm³/mol. The van der Waals surface area contributed by atoms with E-state index in [4.69, 9.17) is 4.74 Å². The van der Waals surface area contributed by atoms with E-state index in [1.54, 1.807) is 7.11 Å². The van der Waals surface area contributed by atoms with Crippen molar-refractivity contribution < 1.29 is 19.4 Å². The quantitative estimate of drug-likeness (QED) is 0.612. The second-order valence-electron chi connectivity index (χ2n) is 5.62. The van der Waals surface area contributed by atoms with E-state index >= 15 is 0 Å². The van der Waals surface area contributed by atoms with Crippen molar-refractivity contribution in [2.24, 2.45) is 0 Å². The van der Waals surface area contributed by atoms with Gasteiger partial charge in [-0.1, -0.05) is 19.3 Å². The number of carbonyl (C=O) groups is 2. The number of nitrogens with one attached hydrogen (secondary N) is 2. The molecule has 0 radical (unpaired) electrons. The van der Waals surface area contributed by atoms with Crippen LogP contribution in [-0.2, 0) is 9.53 Å². The summed E-state index contributed by atoms with van der Waals surface area (Å²) in [7, 11) is 3.59. The first-order valence-electron chi connectivity index (χ1n) is 7.47. The number of carboxylic acid groups (broad SMARTS) is 1. The van der Waals surface area contributed by atoms with Crippen LogP contribution in [0.5, 0.6) is 0 Å². The van der Waals surface area contributed by atoms with Crippen molar-refractivity contribution in [3.05, 3.63) is 0 Å². The van der Waals surface area contributed by atoms with Gasteiger partial charge in [0.15, 0.2) is 0 Å². The van der Waals surface area contributed by atoms with Gasteiger partial charge >= 0.3 is 12.0 Å². The van der Waals surface area contributed by atoms with Crippen molar-refractivity contribution >= 4 is 12.0 Å². The molecule has 0 aromatic rings. The first kappa shape index (κ1) is 17.7. The van der Waals surface area contributed by atoms with Crippen LogP contribution in [0.2, 0.25) is 0 Å². The Morgan fingerprint density at radius 1 is 1.24 bits per heavy atom. The summed E-state index contributed by atoms with van der Waals surface area (Å²) >= 11 is 0. The van der Waals surface area contributed by atoms with Crippen molar-refractivity contribution in [3.63, 3.8) is 0 Å². The molecule has 0 unspecified atom stereocenters. The van der Waals surface area contributed by atoms with Crippen LogP contribution in [0.25, 0.3) is 0 Å². The Hall–Kier alpha value is -1.34. The Balaban J connectivity index is 2.33. The fourth-order valence-electron chi connectivity index (χ4n) is 2.53. The Morgan fingerprint density at radius 2 is 1.90 bits per heavy atom. The molecule has 1 saturated carbocycles. The first-order chi connectivity index (χ1) is 10.00. The number of carbonyl (C=O) groups excluding carboxylic acids is 1. The highest BCUT2D eigenvalue weighted by Crippen LogP contribution is 2.28. The molecular weight excluding hydrogens is 274 g/mol. The van der Waals surface area contributed by atoms with Crippen LogP contribution >= 0.6 is 0 Å². The van der Waals surface area contributed by atoms with Crippen LogP contribution in [0.1, 0.15) is 32.1 Å². The van der Waals surface area contributed by atoms with Crippen LogP contribution in [-0.4, -0.2) is 67.9 Å². The minimum Gasteiger partial charge on any atom is -0.480 e. The van der Waals surface area contributed by atoms with Gasteiger partial charge in [-0.25, -0.2) is 9.59 Å². The molecule has 1 aliphatic rings. The molecule has 0 aromatic carbocycles. The molecule has 1 aliphatic carbocycles. The van der Waals surface area contributed by atoms with Gasteiger partial charge in [-0.3, -0.25) is 0 Å². The molecule has 0 spiro atoms. The van der Waals surface area contributed by atoms with Crippen molar-refractivity contribution in [2.45, 2.75) is 37.6 Å². The highest BCUT2D eigenvalue weighted by Gasteiger charge is 2.40. The fraction of sp³-hybridized carbons (Fsp3) is 0.857. The third-order valence-corrected chi connectivity index (χ3v) is 3.93. The van der Waals surface area contributed by atoms with Gasteiger partial charge in [0.1, 0.15) is 5.54 Å². The smallest absolute Gasteiger partial charge is 0.329 e. The Morgan fingerprint density at radius 3 is 2.48 bits per heavy atom. The maximum absolute atomic E-state index is 11.9. The van der Waals surface area contributed by atoms with Crippen molar-refractivity contribution in [3.8, 4) is 0 Å². The Labute approximate surface area is 126 Å². The molecule has 122 valence electrons. The number of carboxylic acids is 1. The van der Waals surface area contributed by atoms with Gasteiger partial charge in [0.05, 0.1) is 6.61 Å². The van der Waals surface area contributed by atoms with Gasteiger partial charge in [0.25, 0.3) is 0 Å². The Bertz CT molecular complexity index is 343. The van der Waals surface area contributed by atoms with E-state index in [0.29, 0.717) is 32.5 Å². The second kappa shape index (κ2) is 8.84. The zero-order valence-electron chi connectivity index (χ0n) is 13.0. The lowest BCUT2D eigenvalue weighted by Gasteiger charge is -2.34. The van der Waals surface area contributed by atoms with Crippen molar-refractivity contribution in [1.29, 1.82) is 0 Å². The topological polar surface area (TPSA) is 90.9 Å². The fourth-order valence-corrected chi connectivity index (χ4v) is 2.53. The summed E-state index contributed by atoms with van der Waals surface area (Å²) in [6.07, 6.45) is 3.72. The SMILES string of the molecule is COCCN(C)CCNC(=O)NC1(C(=O)O)CCCCC1. The molecular formula is C14H27N3O4. The molecule has 7 heteroatoms. The van der Waals surface area contributed by atoms with E-state index < -0.39 is 17.5 Å². The summed E-state index contributed by atoms with van der Waals surface area (Å²) in [6.45, 7) is 2.60. The average Bonchev–Trinajstić information content (AvgIpc) is 2.45. The molecule has 0 aromatic heterocycles. The van der Waals surface area contributed by atoms with E-state index in [9.17, 15) is 14.7 Å². The van der Waals surface area contributed by atoms with E-state index in [-0.39, 0.29) is 0 Å². The van der Waals surface area contributed by atoms with E-state index in [0.717, 1.165) is 25.8 Å². The summed E-state index contributed by atoms with van der Waals surface area (Å²) in [5.41, 5.74) is -1.09. The second-order valence-corrected chi connectivity index (χ2v) is 5.62. The molecule has 2 amide bonds. The van der Waals surface area contributed by atoms with Gasteiger partial charge in [-0.15, -0.1) is 0 Å². The summed E-state index contributed by atoms with van der Waals surface area (Å²) in [5.74, 6) is -0.936. The van der Waals surface area contributed by atoms with Crippen LogP contribution < -0.4 is 10.6 Å². The molecule has 0 atom stereocenters. The molecule has 0 heterocycles. The summed E-state index contributed by atoms with van der Waals surface area (Å²) in [4.78, 5) is 25.4. The first-order valence-corrected chi connectivity index (χ1v) is 7.47. The number of nitrogens with zero attached hydrogens (tertiary/aromatic N) is 1. The summed E-state index contributed by atoms with van der Waals surface area (Å²) in [5, 5.41) is 14.8. The number of urea groups is 1. The lowest BCUT2D eigenvalue weighted by Crippen LogP contribution is -2.58. The lowest BCUT2D eigenvalue weighted by molar-refractivity contribution is -0.145. The van der Waals surface area contributed by atoms with E-state index in [1.807, 2.05) is 11.9 Å². The van der Waals surface area contributed by atoms with Gasteiger partial charge in [0.2, 0.25) is 0 Å². The number of amides is 2. The van der Waals surface area contributed by atoms with Crippen molar-refractivity contribution in [1.82, 2.24) is 15.5 Å². The number of hydrogen-bond donors (Lipinski definition) is 3. The van der Waals surface area contributed by atoms with Gasteiger partial charge in [-0.2, -0.15) is 0 Å². The van der Waals surface area contributed by atoms with Crippen LogP contribution in [0, 0.1) is 0 Å². The maximum atomic E-state index is 11.9. The lowest BCUT2D eigenvalue weighted by atomic mass is 9.82. The molecule has 7 nitrogen and oxygen atoms in total. The average molecular weight is 301 g/mol. The number of ether oxygens (including phenoxy) is 1. The molecule has 21 heavy (non-hydrogen) atoms. The molecule has 0 saturated heterocycles. The number of methoxy groups -OCH3 is 1. The highest BCUT2D eigenvalue weighted by atomic mass is 16.5. The normalized spacial score (nSPS) is 17.5. The zero-order chi connectivity index (χ0) is 15.7.